The minimum Gasteiger partial charge on any atom is -0.368 e. The lowest BCUT2D eigenvalue weighted by atomic mass is 10.2. The molecule has 3 heterocycles. The smallest absolute Gasteiger partial charge is 0.267 e. The second-order valence-electron chi connectivity index (χ2n) is 6.29. The van der Waals surface area contributed by atoms with Gasteiger partial charge in [-0.1, -0.05) is 29.5 Å². The number of nitrogens with zero attached hydrogens (tertiary/aromatic N) is 6. The highest BCUT2D eigenvalue weighted by atomic mass is 32.1. The van der Waals surface area contributed by atoms with Crippen molar-refractivity contribution in [3.05, 3.63) is 58.3 Å². The Morgan fingerprint density at radius 2 is 1.79 bits per heavy atom. The summed E-state index contributed by atoms with van der Waals surface area (Å²) in [5, 5.41) is 14.8. The summed E-state index contributed by atoms with van der Waals surface area (Å²) in [6, 6.07) is 13.4. The molecule has 4 rings (SSSR count). The van der Waals surface area contributed by atoms with E-state index in [-0.39, 0.29) is 18.0 Å². The van der Waals surface area contributed by atoms with Crippen molar-refractivity contribution < 1.29 is 4.79 Å². The van der Waals surface area contributed by atoms with Gasteiger partial charge in [-0.15, -0.1) is 10.2 Å². The molecule has 0 unspecified atom stereocenters. The molecular formula is C18H19N7O2S. The number of benzene rings is 1. The first-order valence-electron chi connectivity index (χ1n) is 8.88. The summed E-state index contributed by atoms with van der Waals surface area (Å²) in [6.07, 6.45) is 0. The third kappa shape index (κ3) is 4.17. The van der Waals surface area contributed by atoms with Crippen LogP contribution in [0.5, 0.6) is 0 Å². The fourth-order valence-corrected chi connectivity index (χ4v) is 3.54. The lowest BCUT2D eigenvalue weighted by Crippen LogP contribution is -2.47. The van der Waals surface area contributed by atoms with Crippen LogP contribution in [0.15, 0.2) is 52.8 Å². The van der Waals surface area contributed by atoms with Crippen LogP contribution in [0.4, 0.5) is 16.6 Å². The zero-order valence-electron chi connectivity index (χ0n) is 15.1. The Morgan fingerprint density at radius 1 is 1.04 bits per heavy atom. The molecule has 10 heteroatoms. The molecule has 0 saturated carbocycles. The van der Waals surface area contributed by atoms with Gasteiger partial charge in [0.05, 0.1) is 0 Å². The van der Waals surface area contributed by atoms with Crippen LogP contribution < -0.4 is 20.7 Å². The predicted molar refractivity (Wildman–Crippen MR) is 108 cm³/mol. The molecule has 28 heavy (non-hydrogen) atoms. The number of rotatable bonds is 5. The molecule has 0 atom stereocenters. The molecule has 144 valence electrons. The average molecular weight is 397 g/mol. The van der Waals surface area contributed by atoms with Crippen LogP contribution in [0.1, 0.15) is 0 Å². The number of carbonyl (C=O) groups excluding carboxylic acids is 1. The summed E-state index contributed by atoms with van der Waals surface area (Å²) >= 11 is 1.22. The average Bonchev–Trinajstić information content (AvgIpc) is 3.23. The SMILES string of the molecule is O=C(Cn1nc(N2CCN(c3ccccc3)CC2)ccc1=O)Nc1nncs1. The molecule has 0 radical (unpaired) electrons. The monoisotopic (exact) mass is 397 g/mol. The van der Waals surface area contributed by atoms with E-state index < -0.39 is 0 Å². The molecule has 0 spiro atoms. The number of amides is 1. The summed E-state index contributed by atoms with van der Waals surface area (Å²) in [4.78, 5) is 28.7. The second-order valence-corrected chi connectivity index (χ2v) is 7.12. The zero-order chi connectivity index (χ0) is 19.3. The summed E-state index contributed by atoms with van der Waals surface area (Å²) in [7, 11) is 0. The highest BCUT2D eigenvalue weighted by Gasteiger charge is 2.19. The topological polar surface area (TPSA) is 96.2 Å². The minimum absolute atomic E-state index is 0.170. The Balaban J connectivity index is 1.41. The number of piperazine rings is 1. The molecule has 1 amide bonds. The molecule has 1 aromatic carbocycles. The molecule has 1 aliphatic rings. The number of aromatic nitrogens is 4. The number of nitrogens with one attached hydrogen (secondary N) is 1. The number of anilines is 3. The van der Waals surface area contributed by atoms with Crippen LogP contribution in [0.3, 0.4) is 0 Å². The lowest BCUT2D eigenvalue weighted by molar-refractivity contribution is -0.117. The van der Waals surface area contributed by atoms with E-state index in [0.717, 1.165) is 26.2 Å². The number of para-hydroxylation sites is 1. The van der Waals surface area contributed by atoms with Crippen LogP contribution in [0.2, 0.25) is 0 Å². The largest absolute Gasteiger partial charge is 0.368 e. The van der Waals surface area contributed by atoms with Crippen LogP contribution in [-0.2, 0) is 11.3 Å². The molecule has 2 aromatic heterocycles. The highest BCUT2D eigenvalue weighted by Crippen LogP contribution is 2.18. The summed E-state index contributed by atoms with van der Waals surface area (Å²) in [6.45, 7) is 3.13. The molecular weight excluding hydrogens is 378 g/mol. The second kappa shape index (κ2) is 8.17. The van der Waals surface area contributed by atoms with Gasteiger partial charge in [0.25, 0.3) is 5.56 Å². The molecule has 1 N–H and O–H groups in total. The van der Waals surface area contributed by atoms with Gasteiger partial charge in [0.2, 0.25) is 11.0 Å². The quantitative estimate of drug-likeness (QED) is 0.688. The van der Waals surface area contributed by atoms with E-state index in [1.54, 1.807) is 6.07 Å². The standard InChI is InChI=1S/C18H19N7O2S/c26-16(20-18-21-19-13-28-18)12-25-17(27)7-6-15(22-25)24-10-8-23(9-11-24)14-4-2-1-3-5-14/h1-7,13H,8-12H2,(H,20,21,26). The Labute approximate surface area is 165 Å². The van der Waals surface area contributed by atoms with Crippen molar-refractivity contribution in [3.8, 4) is 0 Å². The summed E-state index contributed by atoms with van der Waals surface area (Å²) in [5.74, 6) is 0.327. The highest BCUT2D eigenvalue weighted by molar-refractivity contribution is 7.13. The van der Waals surface area contributed by atoms with E-state index in [1.165, 1.54) is 33.3 Å². The molecule has 0 aliphatic carbocycles. The van der Waals surface area contributed by atoms with Crippen LogP contribution in [0, 0.1) is 0 Å². The Bertz CT molecular complexity index is 983. The van der Waals surface area contributed by atoms with Gasteiger partial charge in [0.1, 0.15) is 17.9 Å². The Morgan fingerprint density at radius 3 is 2.50 bits per heavy atom. The van der Waals surface area contributed by atoms with E-state index in [0.29, 0.717) is 10.9 Å². The molecule has 9 nitrogen and oxygen atoms in total. The van der Waals surface area contributed by atoms with E-state index in [4.69, 9.17) is 0 Å². The van der Waals surface area contributed by atoms with Crippen LogP contribution in [0.25, 0.3) is 0 Å². The predicted octanol–water partition coefficient (Wildman–Crippen LogP) is 1.06. The number of hydrogen-bond acceptors (Lipinski definition) is 8. The molecule has 1 aliphatic heterocycles. The number of hydrogen-bond donors (Lipinski definition) is 1. The third-order valence-corrected chi connectivity index (χ3v) is 5.08. The van der Waals surface area contributed by atoms with E-state index in [9.17, 15) is 9.59 Å². The third-order valence-electron chi connectivity index (χ3n) is 4.48. The van der Waals surface area contributed by atoms with Crippen molar-refractivity contribution in [1.82, 2.24) is 20.0 Å². The molecule has 1 fully saturated rings. The van der Waals surface area contributed by atoms with Gasteiger partial charge in [-0.05, 0) is 18.2 Å². The van der Waals surface area contributed by atoms with Gasteiger partial charge in [0.15, 0.2) is 0 Å². The maximum Gasteiger partial charge on any atom is 0.267 e. The Hall–Kier alpha value is -3.27. The van der Waals surface area contributed by atoms with Gasteiger partial charge >= 0.3 is 0 Å². The van der Waals surface area contributed by atoms with Crippen molar-refractivity contribution in [1.29, 1.82) is 0 Å². The minimum atomic E-state index is -0.364. The maximum absolute atomic E-state index is 12.1. The normalized spacial score (nSPS) is 14.1. The van der Waals surface area contributed by atoms with Crippen molar-refractivity contribution >= 4 is 33.9 Å². The fourth-order valence-electron chi connectivity index (χ4n) is 3.07. The van der Waals surface area contributed by atoms with Gasteiger partial charge in [-0.2, -0.15) is 5.10 Å². The molecule has 3 aromatic rings. The van der Waals surface area contributed by atoms with Gasteiger partial charge in [-0.25, -0.2) is 4.68 Å². The first-order valence-corrected chi connectivity index (χ1v) is 9.76. The van der Waals surface area contributed by atoms with Crippen LogP contribution >= 0.6 is 11.3 Å². The van der Waals surface area contributed by atoms with Crippen molar-refractivity contribution in [2.45, 2.75) is 6.54 Å². The van der Waals surface area contributed by atoms with E-state index >= 15 is 0 Å². The summed E-state index contributed by atoms with van der Waals surface area (Å²) < 4.78 is 1.18. The molecule has 1 saturated heterocycles. The van der Waals surface area contributed by atoms with Crippen molar-refractivity contribution in [2.24, 2.45) is 0 Å². The first-order chi connectivity index (χ1) is 13.7. The van der Waals surface area contributed by atoms with Crippen molar-refractivity contribution in [2.75, 3.05) is 41.3 Å². The van der Waals surface area contributed by atoms with Crippen LogP contribution in [-0.4, -0.2) is 52.1 Å². The number of carbonyl (C=O) groups is 1. The van der Waals surface area contributed by atoms with Crippen molar-refractivity contribution in [3.63, 3.8) is 0 Å². The summed E-state index contributed by atoms with van der Waals surface area (Å²) in [5.41, 5.74) is 2.41. The van der Waals surface area contributed by atoms with E-state index in [2.05, 4.69) is 42.5 Å². The zero-order valence-corrected chi connectivity index (χ0v) is 15.9. The first kappa shape index (κ1) is 18.1. The van der Waals surface area contributed by atoms with Gasteiger partial charge in [0, 0.05) is 37.9 Å². The van der Waals surface area contributed by atoms with E-state index in [1.807, 2.05) is 18.2 Å². The van der Waals surface area contributed by atoms with Gasteiger partial charge < -0.3 is 9.80 Å². The van der Waals surface area contributed by atoms with Gasteiger partial charge in [-0.3, -0.25) is 14.9 Å². The lowest BCUT2D eigenvalue weighted by Gasteiger charge is -2.36. The fraction of sp³-hybridized carbons (Fsp3) is 0.278. The Kier molecular flexibility index (Phi) is 5.29. The molecule has 0 bridgehead atoms. The maximum atomic E-state index is 12.1.